The molecular formula is C7H10O3. The van der Waals surface area contributed by atoms with Gasteiger partial charge in [-0.2, -0.15) is 0 Å². The van der Waals surface area contributed by atoms with Gasteiger partial charge in [0.1, 0.15) is 6.29 Å². The maximum absolute atomic E-state index is 10.2. The number of allylic oxidation sites excluding steroid dienone is 1. The number of hydrogen-bond acceptors (Lipinski definition) is 2. The van der Waals surface area contributed by atoms with Gasteiger partial charge in [-0.05, 0) is 13.8 Å². The van der Waals surface area contributed by atoms with Crippen molar-refractivity contribution >= 4 is 12.3 Å². The number of hydrogen-bond donors (Lipinski definition) is 1. The first-order valence-corrected chi connectivity index (χ1v) is 2.93. The van der Waals surface area contributed by atoms with Gasteiger partial charge in [-0.15, -0.1) is 0 Å². The molecule has 0 rings (SSSR count). The summed E-state index contributed by atoms with van der Waals surface area (Å²) in [4.78, 5) is 20.2. The zero-order valence-electron chi connectivity index (χ0n) is 6.05. The Kier molecular flexibility index (Phi) is 3.39. The molecule has 0 unspecified atom stereocenters. The van der Waals surface area contributed by atoms with Gasteiger partial charge in [0.25, 0.3) is 0 Å². The number of rotatable bonds is 3. The molecule has 0 amide bonds. The molecule has 0 aromatic rings. The van der Waals surface area contributed by atoms with E-state index in [9.17, 15) is 9.59 Å². The van der Waals surface area contributed by atoms with Crippen LogP contribution in [0.25, 0.3) is 0 Å². The van der Waals surface area contributed by atoms with E-state index in [0.29, 0.717) is 11.9 Å². The van der Waals surface area contributed by atoms with E-state index >= 15 is 0 Å². The average molecular weight is 142 g/mol. The highest BCUT2D eigenvalue weighted by atomic mass is 16.4. The van der Waals surface area contributed by atoms with E-state index in [2.05, 4.69) is 0 Å². The predicted octanol–water partition coefficient (Wildman–Crippen LogP) is 0.996. The fourth-order valence-electron chi connectivity index (χ4n) is 0.461. The highest BCUT2D eigenvalue weighted by molar-refractivity contribution is 5.87. The molecule has 0 atom stereocenters. The Balaban J connectivity index is 4.33. The minimum atomic E-state index is -0.959. The van der Waals surface area contributed by atoms with Crippen molar-refractivity contribution in [2.45, 2.75) is 20.3 Å². The first-order chi connectivity index (χ1) is 4.59. The second-order valence-corrected chi connectivity index (χ2v) is 2.08. The van der Waals surface area contributed by atoms with Crippen LogP contribution in [-0.2, 0) is 9.59 Å². The molecule has 0 aromatic carbocycles. The van der Waals surface area contributed by atoms with Gasteiger partial charge in [-0.25, -0.2) is 4.79 Å². The third-order valence-electron chi connectivity index (χ3n) is 1.35. The lowest BCUT2D eigenvalue weighted by molar-refractivity contribution is -0.132. The summed E-state index contributed by atoms with van der Waals surface area (Å²) in [6.45, 7) is 3.12. The molecule has 0 fully saturated rings. The zero-order valence-corrected chi connectivity index (χ0v) is 6.05. The number of carboxylic acid groups (broad SMARTS) is 1. The third kappa shape index (κ3) is 2.44. The van der Waals surface area contributed by atoms with Crippen LogP contribution in [0, 0.1) is 0 Å². The van der Waals surface area contributed by atoms with E-state index < -0.39 is 5.97 Å². The van der Waals surface area contributed by atoms with Crippen LogP contribution in [0.5, 0.6) is 0 Å². The lowest BCUT2D eigenvalue weighted by Crippen LogP contribution is -1.99. The first kappa shape index (κ1) is 8.88. The van der Waals surface area contributed by atoms with E-state index in [0.717, 1.165) is 0 Å². The van der Waals surface area contributed by atoms with Gasteiger partial charge in [0.2, 0.25) is 0 Å². The highest BCUT2D eigenvalue weighted by Crippen LogP contribution is 2.05. The Morgan fingerprint density at radius 3 is 2.30 bits per heavy atom. The van der Waals surface area contributed by atoms with Crippen LogP contribution in [0.1, 0.15) is 20.3 Å². The lowest BCUT2D eigenvalue weighted by Gasteiger charge is -1.96. The van der Waals surface area contributed by atoms with Gasteiger partial charge in [0, 0.05) is 12.0 Å². The molecule has 10 heavy (non-hydrogen) atoms. The molecule has 0 saturated heterocycles. The maximum atomic E-state index is 10.2. The molecule has 0 spiro atoms. The number of aliphatic carboxylic acids is 1. The predicted molar refractivity (Wildman–Crippen MR) is 36.7 cm³/mol. The summed E-state index contributed by atoms with van der Waals surface area (Å²) >= 11 is 0. The minimum absolute atomic E-state index is 0.206. The van der Waals surface area contributed by atoms with Crippen molar-refractivity contribution in [3.05, 3.63) is 11.1 Å². The molecule has 0 radical (unpaired) electrons. The molecule has 3 nitrogen and oxygen atoms in total. The summed E-state index contributed by atoms with van der Waals surface area (Å²) in [7, 11) is 0. The van der Waals surface area contributed by atoms with Crippen LogP contribution in [0.4, 0.5) is 0 Å². The fourth-order valence-corrected chi connectivity index (χ4v) is 0.461. The molecule has 0 heterocycles. The number of aldehydes is 1. The van der Waals surface area contributed by atoms with Crippen LogP contribution < -0.4 is 0 Å². The van der Waals surface area contributed by atoms with Gasteiger partial charge in [-0.1, -0.05) is 5.57 Å². The van der Waals surface area contributed by atoms with Crippen molar-refractivity contribution in [3.8, 4) is 0 Å². The zero-order chi connectivity index (χ0) is 8.15. The van der Waals surface area contributed by atoms with Crippen molar-refractivity contribution in [1.29, 1.82) is 0 Å². The van der Waals surface area contributed by atoms with Crippen LogP contribution in [0.15, 0.2) is 11.1 Å². The molecule has 0 aliphatic rings. The van der Waals surface area contributed by atoms with E-state index in [1.807, 2.05) is 0 Å². The lowest BCUT2D eigenvalue weighted by atomic mass is 10.1. The Morgan fingerprint density at radius 1 is 1.50 bits per heavy atom. The third-order valence-corrected chi connectivity index (χ3v) is 1.35. The van der Waals surface area contributed by atoms with Gasteiger partial charge in [-0.3, -0.25) is 0 Å². The van der Waals surface area contributed by atoms with Crippen molar-refractivity contribution in [3.63, 3.8) is 0 Å². The van der Waals surface area contributed by atoms with Crippen LogP contribution in [0.2, 0.25) is 0 Å². The molecule has 1 N–H and O–H groups in total. The number of carbonyl (C=O) groups is 2. The molecule has 0 bridgehead atoms. The normalized spacial score (nSPS) is 12.2. The average Bonchev–Trinajstić information content (AvgIpc) is 1.87. The summed E-state index contributed by atoms with van der Waals surface area (Å²) in [6, 6.07) is 0. The first-order valence-electron chi connectivity index (χ1n) is 2.93. The summed E-state index contributed by atoms with van der Waals surface area (Å²) < 4.78 is 0. The Morgan fingerprint density at radius 2 is 2.00 bits per heavy atom. The monoisotopic (exact) mass is 142 g/mol. The smallest absolute Gasteiger partial charge is 0.331 e. The van der Waals surface area contributed by atoms with E-state index in [1.54, 1.807) is 6.92 Å². The van der Waals surface area contributed by atoms with Crippen molar-refractivity contribution in [2.75, 3.05) is 0 Å². The summed E-state index contributed by atoms with van der Waals surface area (Å²) in [5, 5.41) is 8.41. The van der Waals surface area contributed by atoms with Crippen LogP contribution >= 0.6 is 0 Å². The summed E-state index contributed by atoms with van der Waals surface area (Å²) in [5.41, 5.74) is 0.870. The SMILES string of the molecule is CC(CC=O)=C(C)C(=O)O. The van der Waals surface area contributed by atoms with Crippen molar-refractivity contribution in [1.82, 2.24) is 0 Å². The molecule has 0 aliphatic heterocycles. The highest BCUT2D eigenvalue weighted by Gasteiger charge is 2.03. The summed E-state index contributed by atoms with van der Waals surface area (Å²) in [5.74, 6) is -0.959. The molecule has 0 aliphatic carbocycles. The van der Waals surface area contributed by atoms with Gasteiger partial charge in [0.05, 0.1) is 0 Å². The Bertz CT molecular complexity index is 179. The largest absolute Gasteiger partial charge is 0.478 e. The molecule has 3 heteroatoms. The van der Waals surface area contributed by atoms with Gasteiger partial charge >= 0.3 is 5.97 Å². The topological polar surface area (TPSA) is 54.4 Å². The van der Waals surface area contributed by atoms with E-state index in [-0.39, 0.29) is 12.0 Å². The second kappa shape index (κ2) is 3.82. The van der Waals surface area contributed by atoms with Crippen LogP contribution in [0.3, 0.4) is 0 Å². The van der Waals surface area contributed by atoms with Gasteiger partial charge in [0.15, 0.2) is 0 Å². The van der Waals surface area contributed by atoms with Gasteiger partial charge < -0.3 is 9.90 Å². The maximum Gasteiger partial charge on any atom is 0.331 e. The second-order valence-electron chi connectivity index (χ2n) is 2.08. The molecule has 56 valence electrons. The van der Waals surface area contributed by atoms with Crippen LogP contribution in [-0.4, -0.2) is 17.4 Å². The van der Waals surface area contributed by atoms with Crippen molar-refractivity contribution in [2.24, 2.45) is 0 Å². The Labute approximate surface area is 59.4 Å². The number of carbonyl (C=O) groups excluding carboxylic acids is 1. The van der Waals surface area contributed by atoms with E-state index in [4.69, 9.17) is 5.11 Å². The van der Waals surface area contributed by atoms with Crippen molar-refractivity contribution < 1.29 is 14.7 Å². The fraction of sp³-hybridized carbons (Fsp3) is 0.429. The standard InChI is InChI=1S/C7H10O3/c1-5(3-4-8)6(2)7(9)10/h4H,3H2,1-2H3,(H,9,10). The minimum Gasteiger partial charge on any atom is -0.478 e. The summed E-state index contributed by atoms with van der Waals surface area (Å²) in [6.07, 6.45) is 0.903. The number of carboxylic acids is 1. The quantitative estimate of drug-likeness (QED) is 0.472. The molecular weight excluding hydrogens is 132 g/mol. The Hall–Kier alpha value is -1.12. The molecule has 0 aromatic heterocycles. The van der Waals surface area contributed by atoms with E-state index in [1.165, 1.54) is 6.92 Å². The molecule has 0 saturated carbocycles.